The third-order valence-electron chi connectivity index (χ3n) is 5.18. The standard InChI is InChI=1S/C26H20ClNO4/c1-15-8-13-21(22(14-15)24(29)18-9-11-19(27)12-10-18)23-17(3)28-32-26(23)31-25(30)20-7-5-4-6-16(20)2/h4-14H,1-3H3. The van der Waals surface area contributed by atoms with Gasteiger partial charge in [-0.15, -0.1) is 0 Å². The Morgan fingerprint density at radius 3 is 2.34 bits per heavy atom. The van der Waals surface area contributed by atoms with Crippen molar-refractivity contribution in [1.29, 1.82) is 0 Å². The van der Waals surface area contributed by atoms with Crippen molar-refractivity contribution in [1.82, 2.24) is 5.16 Å². The van der Waals surface area contributed by atoms with Gasteiger partial charge >= 0.3 is 11.9 Å². The Morgan fingerprint density at radius 1 is 0.906 bits per heavy atom. The largest absolute Gasteiger partial charge is 0.387 e. The number of aromatic nitrogens is 1. The van der Waals surface area contributed by atoms with E-state index in [0.29, 0.717) is 38.5 Å². The van der Waals surface area contributed by atoms with Gasteiger partial charge in [0.1, 0.15) is 0 Å². The van der Waals surface area contributed by atoms with Crippen molar-refractivity contribution in [3.63, 3.8) is 0 Å². The highest BCUT2D eigenvalue weighted by molar-refractivity contribution is 6.30. The molecule has 0 aliphatic heterocycles. The van der Waals surface area contributed by atoms with Crippen LogP contribution in [0.4, 0.5) is 0 Å². The van der Waals surface area contributed by atoms with Gasteiger partial charge in [-0.25, -0.2) is 4.79 Å². The number of halogens is 1. The van der Waals surface area contributed by atoms with Crippen LogP contribution in [0, 0.1) is 20.8 Å². The Balaban J connectivity index is 1.78. The molecular weight excluding hydrogens is 426 g/mol. The molecule has 1 aromatic heterocycles. The van der Waals surface area contributed by atoms with Crippen molar-refractivity contribution in [3.05, 3.63) is 105 Å². The fraction of sp³-hybridized carbons (Fsp3) is 0.115. The molecule has 0 saturated heterocycles. The molecule has 5 nitrogen and oxygen atoms in total. The lowest BCUT2D eigenvalue weighted by Gasteiger charge is -2.11. The lowest BCUT2D eigenvalue weighted by molar-refractivity contribution is 0.0680. The summed E-state index contributed by atoms with van der Waals surface area (Å²) in [5, 5.41) is 4.54. The molecule has 0 aliphatic carbocycles. The Labute approximate surface area is 190 Å². The van der Waals surface area contributed by atoms with Crippen LogP contribution in [0.2, 0.25) is 5.02 Å². The van der Waals surface area contributed by atoms with E-state index < -0.39 is 5.97 Å². The van der Waals surface area contributed by atoms with Crippen LogP contribution < -0.4 is 4.74 Å². The molecule has 0 bridgehead atoms. The second-order valence-electron chi connectivity index (χ2n) is 7.52. The summed E-state index contributed by atoms with van der Waals surface area (Å²) in [5.74, 6) is -0.792. The summed E-state index contributed by atoms with van der Waals surface area (Å²) < 4.78 is 10.9. The first-order valence-corrected chi connectivity index (χ1v) is 10.4. The fourth-order valence-corrected chi connectivity index (χ4v) is 3.61. The molecule has 6 heteroatoms. The minimum Gasteiger partial charge on any atom is -0.387 e. The van der Waals surface area contributed by atoms with Gasteiger partial charge in [0.15, 0.2) is 5.78 Å². The molecule has 0 spiro atoms. The summed E-state index contributed by atoms with van der Waals surface area (Å²) >= 11 is 5.97. The first kappa shape index (κ1) is 21.5. The highest BCUT2D eigenvalue weighted by atomic mass is 35.5. The maximum absolute atomic E-state index is 13.3. The van der Waals surface area contributed by atoms with E-state index in [1.165, 1.54) is 0 Å². The summed E-state index contributed by atoms with van der Waals surface area (Å²) in [7, 11) is 0. The van der Waals surface area contributed by atoms with Crippen LogP contribution in [0.15, 0.2) is 71.3 Å². The van der Waals surface area contributed by atoms with Gasteiger partial charge in [0.05, 0.1) is 16.8 Å². The Morgan fingerprint density at radius 2 is 1.62 bits per heavy atom. The van der Waals surface area contributed by atoms with E-state index in [1.807, 2.05) is 38.1 Å². The molecule has 32 heavy (non-hydrogen) atoms. The number of carbonyl (C=O) groups excluding carboxylic acids is 2. The number of ether oxygens (including phenoxy) is 1. The van der Waals surface area contributed by atoms with Gasteiger partial charge < -0.3 is 9.26 Å². The van der Waals surface area contributed by atoms with Crippen LogP contribution in [-0.2, 0) is 0 Å². The van der Waals surface area contributed by atoms with E-state index >= 15 is 0 Å². The van der Waals surface area contributed by atoms with Crippen LogP contribution in [-0.4, -0.2) is 16.9 Å². The Bertz CT molecular complexity index is 1320. The van der Waals surface area contributed by atoms with Crippen LogP contribution in [0.3, 0.4) is 0 Å². The predicted molar refractivity (Wildman–Crippen MR) is 122 cm³/mol. The molecule has 0 aliphatic rings. The van der Waals surface area contributed by atoms with E-state index in [0.717, 1.165) is 11.1 Å². The van der Waals surface area contributed by atoms with Crippen molar-refractivity contribution in [2.45, 2.75) is 20.8 Å². The number of carbonyl (C=O) groups is 2. The molecule has 0 fully saturated rings. The number of rotatable bonds is 5. The maximum atomic E-state index is 13.3. The van der Waals surface area contributed by atoms with Gasteiger partial charge in [0.25, 0.3) is 0 Å². The summed E-state index contributed by atoms with van der Waals surface area (Å²) in [5.41, 5.74) is 4.61. The van der Waals surface area contributed by atoms with Gasteiger partial charge in [-0.05, 0) is 62.7 Å². The Kier molecular flexibility index (Phi) is 5.93. The highest BCUT2D eigenvalue weighted by Gasteiger charge is 2.25. The molecule has 4 aromatic rings. The molecule has 0 amide bonds. The number of hydrogen-bond donors (Lipinski definition) is 0. The third-order valence-corrected chi connectivity index (χ3v) is 5.43. The van der Waals surface area contributed by atoms with E-state index in [4.69, 9.17) is 20.9 Å². The Hall–Kier alpha value is -3.70. The average Bonchev–Trinajstić information content (AvgIpc) is 3.13. The number of ketones is 1. The van der Waals surface area contributed by atoms with Crippen molar-refractivity contribution in [3.8, 4) is 17.1 Å². The smallest absolute Gasteiger partial charge is 0.346 e. The number of nitrogens with zero attached hydrogens (tertiary/aromatic N) is 1. The fourth-order valence-electron chi connectivity index (χ4n) is 3.49. The molecule has 1 heterocycles. The van der Waals surface area contributed by atoms with Gasteiger partial charge in [0, 0.05) is 21.7 Å². The summed E-state index contributed by atoms with van der Waals surface area (Å²) in [6, 6.07) is 19.3. The second kappa shape index (κ2) is 8.81. The monoisotopic (exact) mass is 445 g/mol. The lowest BCUT2D eigenvalue weighted by atomic mass is 9.92. The minimum absolute atomic E-state index is 0.0511. The van der Waals surface area contributed by atoms with E-state index in [9.17, 15) is 9.59 Å². The van der Waals surface area contributed by atoms with Crippen LogP contribution in [0.25, 0.3) is 11.1 Å². The molecule has 4 rings (SSSR count). The SMILES string of the molecule is Cc1ccc(-c2c(C)noc2OC(=O)c2ccccc2C)c(C(=O)c2ccc(Cl)cc2)c1. The van der Waals surface area contributed by atoms with Crippen molar-refractivity contribution in [2.75, 3.05) is 0 Å². The van der Waals surface area contributed by atoms with E-state index in [-0.39, 0.29) is 11.7 Å². The molecule has 160 valence electrons. The number of aryl methyl sites for hydroxylation is 3. The summed E-state index contributed by atoms with van der Waals surface area (Å²) in [6.45, 7) is 5.47. The quantitative estimate of drug-likeness (QED) is 0.263. The molecule has 0 atom stereocenters. The van der Waals surface area contributed by atoms with Crippen molar-refractivity contribution in [2.24, 2.45) is 0 Å². The second-order valence-corrected chi connectivity index (χ2v) is 7.96. The zero-order valence-corrected chi connectivity index (χ0v) is 18.6. The molecule has 3 aromatic carbocycles. The topological polar surface area (TPSA) is 69.4 Å². The van der Waals surface area contributed by atoms with Crippen molar-refractivity contribution >= 4 is 23.4 Å². The van der Waals surface area contributed by atoms with Crippen LogP contribution in [0.1, 0.15) is 43.1 Å². The lowest BCUT2D eigenvalue weighted by Crippen LogP contribution is -2.11. The molecule has 0 saturated carbocycles. The summed E-state index contributed by atoms with van der Waals surface area (Å²) in [4.78, 5) is 26.1. The van der Waals surface area contributed by atoms with Gasteiger partial charge in [0.2, 0.25) is 0 Å². The zero-order chi connectivity index (χ0) is 22.8. The number of hydrogen-bond acceptors (Lipinski definition) is 5. The maximum Gasteiger partial charge on any atom is 0.346 e. The first-order valence-electron chi connectivity index (χ1n) is 10.0. The minimum atomic E-state index is -0.557. The predicted octanol–water partition coefficient (Wildman–Crippen LogP) is 6.37. The first-order chi connectivity index (χ1) is 15.3. The molecule has 0 radical (unpaired) electrons. The molecule has 0 N–H and O–H groups in total. The molecule has 0 unspecified atom stereocenters. The van der Waals surface area contributed by atoms with Gasteiger partial charge in [-0.1, -0.05) is 52.7 Å². The zero-order valence-electron chi connectivity index (χ0n) is 17.8. The van der Waals surface area contributed by atoms with Gasteiger partial charge in [-0.2, -0.15) is 0 Å². The third kappa shape index (κ3) is 4.20. The number of benzene rings is 3. The van der Waals surface area contributed by atoms with Crippen LogP contribution >= 0.6 is 11.6 Å². The van der Waals surface area contributed by atoms with Crippen LogP contribution in [0.5, 0.6) is 5.95 Å². The normalized spacial score (nSPS) is 10.8. The van der Waals surface area contributed by atoms with E-state index in [2.05, 4.69) is 5.16 Å². The summed E-state index contributed by atoms with van der Waals surface area (Å²) in [6.07, 6.45) is 0. The van der Waals surface area contributed by atoms with Crippen molar-refractivity contribution < 1.29 is 18.8 Å². The highest BCUT2D eigenvalue weighted by Crippen LogP contribution is 2.37. The number of esters is 1. The molecular formula is C26H20ClNO4. The van der Waals surface area contributed by atoms with E-state index in [1.54, 1.807) is 49.4 Å². The van der Waals surface area contributed by atoms with Gasteiger partial charge in [-0.3, -0.25) is 4.79 Å². The average molecular weight is 446 g/mol.